The van der Waals surface area contributed by atoms with Crippen LogP contribution < -0.4 is 16.1 Å². The van der Waals surface area contributed by atoms with E-state index < -0.39 is 14.6 Å². The van der Waals surface area contributed by atoms with Gasteiger partial charge in [-0.3, -0.25) is 4.79 Å². The third-order valence-corrected chi connectivity index (χ3v) is 9.76. The SMILES string of the molecule is CC(C)(C)S(=O)(=O)c1ccc(NC2NN([C@H]3CCCCC[C@@H]3C#N)C3CCNC(=O)C23)cc1. The number of nitrogens with one attached hydrogen (secondary N) is 3. The first-order valence-electron chi connectivity index (χ1n) is 12.0. The van der Waals surface area contributed by atoms with E-state index in [2.05, 4.69) is 27.1 Å². The number of benzene rings is 1. The van der Waals surface area contributed by atoms with Crippen LogP contribution in [0.2, 0.25) is 0 Å². The monoisotopic (exact) mass is 473 g/mol. The predicted molar refractivity (Wildman–Crippen MR) is 127 cm³/mol. The number of hydrazine groups is 1. The number of amides is 1. The molecule has 1 aliphatic carbocycles. The van der Waals surface area contributed by atoms with Crippen molar-refractivity contribution < 1.29 is 13.2 Å². The summed E-state index contributed by atoms with van der Waals surface area (Å²) in [5.74, 6) is -0.335. The average Bonchev–Trinajstić information content (AvgIpc) is 2.97. The molecule has 4 rings (SSSR count). The summed E-state index contributed by atoms with van der Waals surface area (Å²) < 4.78 is 24.6. The lowest BCUT2D eigenvalue weighted by Gasteiger charge is -2.36. The molecule has 8 nitrogen and oxygen atoms in total. The van der Waals surface area contributed by atoms with Gasteiger partial charge in [-0.15, -0.1) is 0 Å². The Labute approximate surface area is 197 Å². The molecular weight excluding hydrogens is 438 g/mol. The van der Waals surface area contributed by atoms with Crippen molar-refractivity contribution in [1.29, 1.82) is 5.26 Å². The molecule has 0 bridgehead atoms. The second kappa shape index (κ2) is 9.24. The molecule has 2 aliphatic heterocycles. The Morgan fingerprint density at radius 1 is 1.06 bits per heavy atom. The van der Waals surface area contributed by atoms with Crippen LogP contribution in [0.1, 0.15) is 59.3 Å². The van der Waals surface area contributed by atoms with Gasteiger partial charge in [-0.2, -0.15) is 5.26 Å². The summed E-state index contributed by atoms with van der Waals surface area (Å²) in [6.07, 6.45) is 5.65. The molecule has 0 spiro atoms. The molecule has 3 N–H and O–H groups in total. The Balaban J connectivity index is 1.56. The summed E-state index contributed by atoms with van der Waals surface area (Å²) in [7, 11) is -3.43. The van der Waals surface area contributed by atoms with Crippen LogP contribution in [0.4, 0.5) is 5.69 Å². The zero-order chi connectivity index (χ0) is 23.8. The molecule has 9 heteroatoms. The highest BCUT2D eigenvalue weighted by atomic mass is 32.2. The first-order chi connectivity index (χ1) is 15.6. The highest BCUT2D eigenvalue weighted by molar-refractivity contribution is 7.92. The van der Waals surface area contributed by atoms with Crippen LogP contribution in [0.25, 0.3) is 0 Å². The molecule has 33 heavy (non-hydrogen) atoms. The normalized spacial score (nSPS) is 31.2. The summed E-state index contributed by atoms with van der Waals surface area (Å²) in [5.41, 5.74) is 4.28. The minimum atomic E-state index is -3.43. The molecule has 1 aromatic rings. The summed E-state index contributed by atoms with van der Waals surface area (Å²) in [5, 5.41) is 18.4. The molecule has 3 aliphatic rings. The van der Waals surface area contributed by atoms with Crippen molar-refractivity contribution in [2.75, 3.05) is 11.9 Å². The van der Waals surface area contributed by atoms with Crippen molar-refractivity contribution in [1.82, 2.24) is 15.8 Å². The molecular formula is C24H35N5O3S. The van der Waals surface area contributed by atoms with Gasteiger partial charge in [-0.05, 0) is 64.3 Å². The van der Waals surface area contributed by atoms with E-state index in [-0.39, 0.29) is 40.9 Å². The van der Waals surface area contributed by atoms with Gasteiger partial charge in [0.25, 0.3) is 0 Å². The van der Waals surface area contributed by atoms with Crippen LogP contribution >= 0.6 is 0 Å². The van der Waals surface area contributed by atoms with Gasteiger partial charge in [0.2, 0.25) is 5.91 Å². The summed E-state index contributed by atoms with van der Waals surface area (Å²) in [6.45, 7) is 5.70. The molecule has 2 saturated heterocycles. The molecule has 5 atom stereocenters. The number of piperidine rings is 1. The second-order valence-electron chi connectivity index (χ2n) is 10.4. The number of sulfone groups is 1. The van der Waals surface area contributed by atoms with Gasteiger partial charge < -0.3 is 10.6 Å². The Morgan fingerprint density at radius 3 is 2.42 bits per heavy atom. The highest BCUT2D eigenvalue weighted by Gasteiger charge is 2.50. The van der Waals surface area contributed by atoms with Crippen molar-refractivity contribution in [2.24, 2.45) is 11.8 Å². The smallest absolute Gasteiger partial charge is 0.228 e. The Morgan fingerprint density at radius 2 is 1.76 bits per heavy atom. The lowest BCUT2D eigenvalue weighted by Crippen LogP contribution is -2.53. The summed E-state index contributed by atoms with van der Waals surface area (Å²) >= 11 is 0. The lowest BCUT2D eigenvalue weighted by atomic mass is 9.88. The van der Waals surface area contributed by atoms with Gasteiger partial charge in [-0.25, -0.2) is 18.9 Å². The maximum atomic E-state index is 12.9. The highest BCUT2D eigenvalue weighted by Crippen LogP contribution is 2.36. The topological polar surface area (TPSA) is 114 Å². The van der Waals surface area contributed by atoms with E-state index >= 15 is 0 Å². The number of rotatable bonds is 4. The molecule has 180 valence electrons. The minimum absolute atomic E-state index is 0.00723. The molecule has 1 aromatic carbocycles. The van der Waals surface area contributed by atoms with E-state index in [1.165, 1.54) is 0 Å². The van der Waals surface area contributed by atoms with Crippen molar-refractivity contribution in [2.45, 2.75) is 87.2 Å². The molecule has 2 heterocycles. The maximum absolute atomic E-state index is 12.9. The van der Waals surface area contributed by atoms with Crippen LogP contribution in [0, 0.1) is 23.2 Å². The molecule has 0 radical (unpaired) electrons. The van der Waals surface area contributed by atoms with Gasteiger partial charge in [0, 0.05) is 24.3 Å². The standard InChI is InChI=1S/C24H35N5O3S/c1-24(2,3)33(31,32)18-11-9-17(10-12-18)27-22-21-20(13-14-26-23(21)30)29(28-22)19-8-6-4-5-7-16(19)15-25/h9-12,16,19-22,27-28H,4-8,13-14H2,1-3H3,(H,26,30)/t16-,19+,20?,21?,22?/m1/s1. The number of hydrogen-bond donors (Lipinski definition) is 3. The van der Waals surface area contributed by atoms with Crippen molar-refractivity contribution in [3.63, 3.8) is 0 Å². The molecule has 1 amide bonds. The quantitative estimate of drug-likeness (QED) is 0.576. The molecule has 3 fully saturated rings. The number of nitriles is 1. The zero-order valence-electron chi connectivity index (χ0n) is 19.7. The van der Waals surface area contributed by atoms with Crippen LogP contribution in [-0.4, -0.2) is 48.9 Å². The van der Waals surface area contributed by atoms with E-state index in [1.807, 2.05) is 0 Å². The third kappa shape index (κ3) is 4.61. The van der Waals surface area contributed by atoms with Gasteiger partial charge in [0.15, 0.2) is 9.84 Å². The number of hydrogen-bond acceptors (Lipinski definition) is 7. The number of nitrogens with zero attached hydrogens (tertiary/aromatic N) is 2. The van der Waals surface area contributed by atoms with E-state index in [0.29, 0.717) is 6.54 Å². The number of fused-ring (bicyclic) bond motifs is 1. The Hall–Kier alpha value is -2.15. The Kier molecular flexibility index (Phi) is 6.72. The van der Waals surface area contributed by atoms with E-state index in [4.69, 9.17) is 0 Å². The van der Waals surface area contributed by atoms with Gasteiger partial charge in [0.1, 0.15) is 6.17 Å². The summed E-state index contributed by atoms with van der Waals surface area (Å²) in [6, 6.07) is 9.36. The second-order valence-corrected chi connectivity index (χ2v) is 13.1. The average molecular weight is 474 g/mol. The lowest BCUT2D eigenvalue weighted by molar-refractivity contribution is -0.128. The van der Waals surface area contributed by atoms with Crippen LogP contribution in [0.3, 0.4) is 0 Å². The van der Waals surface area contributed by atoms with Crippen molar-refractivity contribution in [3.8, 4) is 6.07 Å². The van der Waals surface area contributed by atoms with Gasteiger partial charge >= 0.3 is 0 Å². The fourth-order valence-electron chi connectivity index (χ4n) is 5.34. The Bertz CT molecular complexity index is 1010. The van der Waals surface area contributed by atoms with E-state index in [0.717, 1.165) is 44.2 Å². The van der Waals surface area contributed by atoms with Crippen molar-refractivity contribution in [3.05, 3.63) is 24.3 Å². The molecule has 1 saturated carbocycles. The van der Waals surface area contributed by atoms with E-state index in [1.54, 1.807) is 45.0 Å². The van der Waals surface area contributed by atoms with Crippen LogP contribution in [0.15, 0.2) is 29.2 Å². The largest absolute Gasteiger partial charge is 0.368 e. The van der Waals surface area contributed by atoms with Gasteiger partial charge in [0.05, 0.1) is 27.5 Å². The fourth-order valence-corrected chi connectivity index (χ4v) is 6.54. The number of anilines is 1. The maximum Gasteiger partial charge on any atom is 0.228 e. The number of carbonyl (C=O) groups is 1. The predicted octanol–water partition coefficient (Wildman–Crippen LogP) is 2.79. The first kappa shape index (κ1) is 24.0. The zero-order valence-corrected chi connectivity index (χ0v) is 20.5. The fraction of sp³-hybridized carbons (Fsp3) is 0.667. The minimum Gasteiger partial charge on any atom is -0.368 e. The van der Waals surface area contributed by atoms with Gasteiger partial charge in [-0.1, -0.05) is 19.3 Å². The summed E-state index contributed by atoms with van der Waals surface area (Å²) in [4.78, 5) is 13.1. The van der Waals surface area contributed by atoms with Crippen LogP contribution in [-0.2, 0) is 14.6 Å². The van der Waals surface area contributed by atoms with Crippen molar-refractivity contribution >= 4 is 21.4 Å². The molecule has 0 aromatic heterocycles. The number of carbonyl (C=O) groups excluding carboxylic acids is 1. The first-order valence-corrected chi connectivity index (χ1v) is 13.4. The van der Waals surface area contributed by atoms with E-state index in [9.17, 15) is 18.5 Å². The van der Waals surface area contributed by atoms with Crippen LogP contribution in [0.5, 0.6) is 0 Å². The third-order valence-electron chi connectivity index (χ3n) is 7.26. The molecule has 3 unspecified atom stereocenters.